The molecule has 4 N–H and O–H groups in total. The van der Waals surface area contributed by atoms with Gasteiger partial charge in [0.25, 0.3) is 10.1 Å². The first kappa shape index (κ1) is 36.9. The van der Waals surface area contributed by atoms with Crippen molar-refractivity contribution in [1.29, 1.82) is 0 Å². The van der Waals surface area contributed by atoms with E-state index < -0.39 is 10.1 Å². The molecule has 0 saturated heterocycles. The van der Waals surface area contributed by atoms with Gasteiger partial charge >= 0.3 is 0 Å². The minimum absolute atomic E-state index is 0.111. The van der Waals surface area contributed by atoms with Crippen molar-refractivity contribution in [2.75, 3.05) is 19.0 Å². The molecule has 0 saturated carbocycles. The predicted octanol–water partition coefficient (Wildman–Crippen LogP) is 7.01. The van der Waals surface area contributed by atoms with Gasteiger partial charge in [0, 0.05) is 12.7 Å². The number of rotatable bonds is 21. The molecule has 0 atom stereocenters. The van der Waals surface area contributed by atoms with E-state index in [2.05, 4.69) is 38.6 Å². The maximum Gasteiger partial charge on any atom is 0.296 e. The molecule has 0 fully saturated rings. The fraction of sp³-hybridized carbons (Fsp3) is 0.655. The lowest BCUT2D eigenvalue weighted by molar-refractivity contribution is 0.306. The summed E-state index contributed by atoms with van der Waals surface area (Å²) in [4.78, 5) is 0.111. The molecule has 232 valence electrons. The highest BCUT2D eigenvalue weighted by atomic mass is 32.2. The van der Waals surface area contributed by atoms with Gasteiger partial charge in [0.1, 0.15) is 0 Å². The summed E-state index contributed by atoms with van der Waals surface area (Å²) in [6.45, 7) is 6.01. The van der Waals surface area contributed by atoms with Gasteiger partial charge in [0.15, 0.2) is 10.2 Å². The first-order chi connectivity index (χ1) is 19.7. The van der Waals surface area contributed by atoms with Crippen molar-refractivity contribution in [3.8, 4) is 0 Å². The zero-order valence-electron chi connectivity index (χ0n) is 25.3. The summed E-state index contributed by atoms with van der Waals surface area (Å²) >= 11 is 10.2. The number of nitrogens with zero attached hydrogens (tertiary/aromatic N) is 2. The van der Waals surface area contributed by atoms with Crippen LogP contribution in [0.25, 0.3) is 0 Å². The van der Waals surface area contributed by atoms with E-state index in [1.54, 1.807) is 33.0 Å². The second kappa shape index (κ2) is 22.4. The molecule has 41 heavy (non-hydrogen) atoms. The van der Waals surface area contributed by atoms with Crippen LogP contribution in [0.3, 0.4) is 0 Å². The minimum Gasteiger partial charge on any atom is -0.364 e. The van der Waals surface area contributed by atoms with Crippen LogP contribution in [0.2, 0.25) is 0 Å². The molecule has 0 aliphatic rings. The zero-order chi connectivity index (χ0) is 30.3. The molecule has 0 aromatic heterocycles. The summed E-state index contributed by atoms with van der Waals surface area (Å²) in [6, 6.07) is 6.24. The molecule has 0 aliphatic heterocycles. The number of benzene rings is 1. The summed E-state index contributed by atoms with van der Waals surface area (Å²) in [7, 11) is -2.10. The van der Waals surface area contributed by atoms with Gasteiger partial charge in [0.2, 0.25) is 0 Å². The molecule has 0 unspecified atom stereocenters. The van der Waals surface area contributed by atoms with Crippen LogP contribution in [0.5, 0.6) is 0 Å². The summed E-state index contributed by atoms with van der Waals surface area (Å²) in [5.74, 6) is 0. The number of hydrogen-bond acceptors (Lipinski definition) is 7. The number of hydrazone groups is 2. The van der Waals surface area contributed by atoms with Crippen molar-refractivity contribution >= 4 is 61.9 Å². The molecular formula is C29H50N6O3S3. The van der Waals surface area contributed by atoms with Crippen LogP contribution < -0.4 is 21.5 Å². The second-order valence-corrected chi connectivity index (χ2v) is 12.5. The van der Waals surface area contributed by atoms with Crippen LogP contribution in [-0.2, 0) is 14.3 Å². The van der Waals surface area contributed by atoms with E-state index in [4.69, 9.17) is 28.6 Å². The van der Waals surface area contributed by atoms with E-state index in [-0.39, 0.29) is 16.6 Å². The average molecular weight is 627 g/mol. The standard InChI is InChI=1S/C29H50N6O3S3/c1-5-6-7-8-9-10-11-12-13-14-15-16-17-18-23-38-41(36,37)27-21-19-26(20-22-27)31-29(40)35-33-25(3)24(2)32-34-28(39)30-4/h19-22H,5-18,23H2,1-4H3,(H2,30,34,39)(H2,31,35,40)/b32-24+,33-25+. The topological polar surface area (TPSA) is 116 Å². The summed E-state index contributed by atoms with van der Waals surface area (Å²) in [5, 5.41) is 14.7. The van der Waals surface area contributed by atoms with Gasteiger partial charge in [0.05, 0.1) is 22.9 Å². The molecule has 0 bridgehead atoms. The third kappa shape index (κ3) is 18.1. The third-order valence-corrected chi connectivity index (χ3v) is 8.35. The van der Waals surface area contributed by atoms with Gasteiger partial charge in [-0.15, -0.1) is 0 Å². The number of unbranched alkanes of at least 4 members (excludes halogenated alkanes) is 13. The van der Waals surface area contributed by atoms with Crippen LogP contribution in [0.4, 0.5) is 5.69 Å². The smallest absolute Gasteiger partial charge is 0.296 e. The molecule has 0 amide bonds. The molecular weight excluding hydrogens is 577 g/mol. The normalized spacial score (nSPS) is 12.2. The average Bonchev–Trinajstić information content (AvgIpc) is 2.96. The third-order valence-electron chi connectivity index (χ3n) is 6.54. The van der Waals surface area contributed by atoms with E-state index in [1.807, 2.05) is 0 Å². The Kier molecular flexibility index (Phi) is 20.2. The van der Waals surface area contributed by atoms with Crippen molar-refractivity contribution in [2.45, 2.75) is 116 Å². The molecule has 0 heterocycles. The van der Waals surface area contributed by atoms with E-state index in [0.717, 1.165) is 19.3 Å². The number of hydrogen-bond donors (Lipinski definition) is 4. The van der Waals surface area contributed by atoms with Crippen LogP contribution in [0.15, 0.2) is 39.4 Å². The van der Waals surface area contributed by atoms with Crippen molar-refractivity contribution in [3.63, 3.8) is 0 Å². The highest BCUT2D eigenvalue weighted by Crippen LogP contribution is 2.17. The molecule has 1 rings (SSSR count). The van der Waals surface area contributed by atoms with E-state index in [1.165, 1.54) is 82.8 Å². The molecule has 0 spiro atoms. The second-order valence-electron chi connectivity index (χ2n) is 10.0. The first-order valence-electron chi connectivity index (χ1n) is 14.8. The molecule has 1 aromatic rings. The molecule has 9 nitrogen and oxygen atoms in total. The molecule has 12 heteroatoms. The van der Waals surface area contributed by atoms with Gasteiger partial charge < -0.3 is 10.6 Å². The number of nitrogens with one attached hydrogen (secondary N) is 4. The van der Waals surface area contributed by atoms with Gasteiger partial charge in [-0.05, 0) is 69.0 Å². The maximum atomic E-state index is 12.5. The predicted molar refractivity (Wildman–Crippen MR) is 180 cm³/mol. The first-order valence-corrected chi connectivity index (χ1v) is 17.0. The van der Waals surface area contributed by atoms with Gasteiger partial charge in [-0.25, -0.2) is 0 Å². The Balaban J connectivity index is 2.25. The number of anilines is 1. The lowest BCUT2D eigenvalue weighted by Gasteiger charge is -2.10. The van der Waals surface area contributed by atoms with Gasteiger partial charge in [-0.2, -0.15) is 18.6 Å². The Morgan fingerprint density at radius 1 is 0.732 bits per heavy atom. The lowest BCUT2D eigenvalue weighted by atomic mass is 10.0. The molecule has 0 aliphatic carbocycles. The van der Waals surface area contributed by atoms with E-state index in [0.29, 0.717) is 22.2 Å². The van der Waals surface area contributed by atoms with Crippen molar-refractivity contribution in [1.82, 2.24) is 16.2 Å². The van der Waals surface area contributed by atoms with Crippen LogP contribution in [0, 0.1) is 0 Å². The van der Waals surface area contributed by atoms with Crippen molar-refractivity contribution in [3.05, 3.63) is 24.3 Å². The summed E-state index contributed by atoms with van der Waals surface area (Å²) in [6.07, 6.45) is 17.5. The number of thiocarbonyl (C=S) groups is 2. The highest BCUT2D eigenvalue weighted by Gasteiger charge is 2.15. The Morgan fingerprint density at radius 2 is 1.17 bits per heavy atom. The van der Waals surface area contributed by atoms with Gasteiger partial charge in [-0.3, -0.25) is 15.0 Å². The Morgan fingerprint density at radius 3 is 1.63 bits per heavy atom. The quantitative estimate of drug-likeness (QED) is 0.0376. The zero-order valence-corrected chi connectivity index (χ0v) is 27.7. The maximum absolute atomic E-state index is 12.5. The summed E-state index contributed by atoms with van der Waals surface area (Å²) in [5.41, 5.74) is 7.28. The Labute approximate surface area is 258 Å². The Hall–Kier alpha value is -2.15. The molecule has 0 radical (unpaired) electrons. The minimum atomic E-state index is -3.80. The monoisotopic (exact) mass is 626 g/mol. The van der Waals surface area contributed by atoms with Crippen LogP contribution >= 0.6 is 24.4 Å². The fourth-order valence-electron chi connectivity index (χ4n) is 3.88. The largest absolute Gasteiger partial charge is 0.364 e. The van der Waals surface area contributed by atoms with Crippen LogP contribution in [0.1, 0.15) is 111 Å². The Bertz CT molecular complexity index is 1060. The fourth-order valence-corrected chi connectivity index (χ4v) is 5.04. The van der Waals surface area contributed by atoms with Gasteiger partial charge in [-0.1, -0.05) is 90.4 Å². The summed E-state index contributed by atoms with van der Waals surface area (Å²) < 4.78 is 30.3. The van der Waals surface area contributed by atoms with Crippen LogP contribution in [-0.4, -0.2) is 43.7 Å². The lowest BCUT2D eigenvalue weighted by Crippen LogP contribution is -2.30. The van der Waals surface area contributed by atoms with E-state index >= 15 is 0 Å². The highest BCUT2D eigenvalue weighted by molar-refractivity contribution is 7.86. The van der Waals surface area contributed by atoms with E-state index in [9.17, 15) is 8.42 Å². The van der Waals surface area contributed by atoms with Crippen molar-refractivity contribution < 1.29 is 12.6 Å². The molecule has 1 aromatic carbocycles. The SMILES string of the molecule is CCCCCCCCCCCCCCCCOS(=O)(=O)c1ccc(NC(=S)N/N=C(C)/C(C)=N/NC(=S)NC)cc1. The van der Waals surface area contributed by atoms with Crippen molar-refractivity contribution in [2.24, 2.45) is 10.2 Å².